The molecule has 1 atom stereocenters. The highest BCUT2D eigenvalue weighted by atomic mass is 79.9. The van der Waals surface area contributed by atoms with Crippen molar-refractivity contribution in [1.82, 2.24) is 4.68 Å². The van der Waals surface area contributed by atoms with Gasteiger partial charge >= 0.3 is 0 Å². The number of rotatable bonds is 6. The lowest BCUT2D eigenvalue weighted by Gasteiger charge is -2.19. The van der Waals surface area contributed by atoms with Crippen LogP contribution in [0.4, 0.5) is 5.69 Å². The second-order valence-corrected chi connectivity index (χ2v) is 10.7. The van der Waals surface area contributed by atoms with Crippen molar-refractivity contribution in [2.45, 2.75) is 35.9 Å². The van der Waals surface area contributed by atoms with E-state index < -0.39 is 15.6 Å². The molecule has 0 aliphatic carbocycles. The average Bonchev–Trinajstić information content (AvgIpc) is 3.22. The van der Waals surface area contributed by atoms with Gasteiger partial charge in [0.05, 0.1) is 15.9 Å². The number of hydrogen-bond donors (Lipinski definition) is 2. The van der Waals surface area contributed by atoms with Crippen LogP contribution in [-0.4, -0.2) is 35.1 Å². The molecule has 4 rings (SSSR count). The number of halogens is 1. The van der Waals surface area contributed by atoms with Crippen LogP contribution in [0.1, 0.15) is 31.7 Å². The third kappa shape index (κ3) is 4.04. The summed E-state index contributed by atoms with van der Waals surface area (Å²) in [4.78, 5) is 13.6. The van der Waals surface area contributed by atoms with Gasteiger partial charge in [0.2, 0.25) is 0 Å². The highest BCUT2D eigenvalue weighted by Crippen LogP contribution is 2.34. The molecule has 8 nitrogen and oxygen atoms in total. The standard InChI is InChI=1S/C20H19BrN4O4S2/c1-2-12(21)6-5-10-22-25-14-9-11-30-18(14)17(26)16(20(25)27)19-23-13-7-3-4-8-15(13)31(28,29)24-19/h3-4,7-12,26H,2,5-6H2,1H3,(H,23,24). The quantitative estimate of drug-likeness (QED) is 0.373. The molecule has 0 fully saturated rings. The Kier molecular flexibility index (Phi) is 6.00. The number of pyridine rings is 1. The van der Waals surface area contributed by atoms with E-state index >= 15 is 0 Å². The van der Waals surface area contributed by atoms with Crippen molar-refractivity contribution >= 4 is 65.2 Å². The normalized spacial score (nSPS) is 16.1. The third-order valence-corrected chi connectivity index (χ3v) is 8.20. The zero-order chi connectivity index (χ0) is 22.2. The van der Waals surface area contributed by atoms with E-state index in [4.69, 9.17) is 0 Å². The molecule has 1 aliphatic rings. The van der Waals surface area contributed by atoms with Gasteiger partial charge in [0.25, 0.3) is 15.6 Å². The van der Waals surface area contributed by atoms with Gasteiger partial charge in [-0.05, 0) is 42.8 Å². The van der Waals surface area contributed by atoms with E-state index in [1.54, 1.807) is 35.9 Å². The summed E-state index contributed by atoms with van der Waals surface area (Å²) in [5.74, 6) is -0.555. The van der Waals surface area contributed by atoms with E-state index in [2.05, 4.69) is 37.7 Å². The molecule has 31 heavy (non-hydrogen) atoms. The lowest BCUT2D eigenvalue weighted by molar-refractivity contribution is 0.479. The van der Waals surface area contributed by atoms with Gasteiger partial charge in [-0.2, -0.15) is 18.2 Å². The van der Waals surface area contributed by atoms with Gasteiger partial charge < -0.3 is 10.4 Å². The van der Waals surface area contributed by atoms with Crippen molar-refractivity contribution in [3.63, 3.8) is 0 Å². The van der Waals surface area contributed by atoms with Crippen molar-refractivity contribution in [1.29, 1.82) is 0 Å². The van der Waals surface area contributed by atoms with Crippen LogP contribution in [0.5, 0.6) is 5.75 Å². The Labute approximate surface area is 191 Å². The fraction of sp³-hybridized carbons (Fsp3) is 0.250. The minimum absolute atomic E-state index is 0.00837. The van der Waals surface area contributed by atoms with Crippen LogP contribution in [-0.2, 0) is 10.0 Å². The number of thiophene rings is 1. The summed E-state index contributed by atoms with van der Waals surface area (Å²) in [7, 11) is -4.03. The zero-order valence-corrected chi connectivity index (χ0v) is 19.7. The molecule has 2 aromatic heterocycles. The van der Waals surface area contributed by atoms with Crippen molar-refractivity contribution in [3.05, 3.63) is 51.6 Å². The number of fused-ring (bicyclic) bond motifs is 2. The molecular formula is C20H19BrN4O4S2. The minimum atomic E-state index is -4.03. The first kappa shape index (κ1) is 21.7. The molecule has 1 unspecified atom stereocenters. The molecule has 0 saturated carbocycles. The minimum Gasteiger partial charge on any atom is -0.505 e. The Hall–Kier alpha value is -2.50. The number of hydrogen-bond acceptors (Lipinski definition) is 7. The first-order chi connectivity index (χ1) is 14.8. The van der Waals surface area contributed by atoms with E-state index in [0.29, 0.717) is 21.5 Å². The van der Waals surface area contributed by atoms with Crippen molar-refractivity contribution in [2.75, 3.05) is 5.32 Å². The van der Waals surface area contributed by atoms with Crippen LogP contribution in [0.15, 0.2) is 54.9 Å². The number of nitrogens with one attached hydrogen (secondary N) is 1. The number of sulfonamides is 1. The van der Waals surface area contributed by atoms with Crippen LogP contribution in [0, 0.1) is 0 Å². The number of anilines is 1. The molecule has 11 heteroatoms. The van der Waals surface area contributed by atoms with E-state index in [1.165, 1.54) is 22.1 Å². The van der Waals surface area contributed by atoms with E-state index in [0.717, 1.165) is 12.8 Å². The Morgan fingerprint density at radius 1 is 1.35 bits per heavy atom. The number of para-hydroxylation sites is 1. The molecule has 1 aromatic carbocycles. The van der Waals surface area contributed by atoms with Crippen LogP contribution in [0.2, 0.25) is 0 Å². The molecule has 0 bridgehead atoms. The summed E-state index contributed by atoms with van der Waals surface area (Å²) in [6.07, 6.45) is 4.13. The van der Waals surface area contributed by atoms with Crippen LogP contribution >= 0.6 is 27.3 Å². The maximum Gasteiger partial charge on any atom is 0.286 e. The number of amidine groups is 1. The highest BCUT2D eigenvalue weighted by Gasteiger charge is 2.30. The first-order valence-corrected chi connectivity index (χ1v) is 12.8. The average molecular weight is 523 g/mol. The van der Waals surface area contributed by atoms with Crippen molar-refractivity contribution in [2.24, 2.45) is 9.50 Å². The number of aromatic nitrogens is 1. The van der Waals surface area contributed by atoms with Gasteiger partial charge in [-0.3, -0.25) is 4.79 Å². The second kappa shape index (κ2) is 8.56. The highest BCUT2D eigenvalue weighted by molar-refractivity contribution is 9.09. The second-order valence-electron chi connectivity index (χ2n) is 6.89. The van der Waals surface area contributed by atoms with Crippen LogP contribution in [0.3, 0.4) is 0 Å². The topological polar surface area (TPSA) is 113 Å². The Bertz CT molecular complexity index is 1380. The summed E-state index contributed by atoms with van der Waals surface area (Å²) in [5, 5.41) is 19.7. The number of alkyl halides is 1. The Balaban J connectivity index is 1.84. The predicted octanol–water partition coefficient (Wildman–Crippen LogP) is 4.12. The number of benzene rings is 1. The van der Waals surface area contributed by atoms with E-state index in [-0.39, 0.29) is 27.7 Å². The van der Waals surface area contributed by atoms with Gasteiger partial charge in [-0.15, -0.1) is 15.7 Å². The fourth-order valence-corrected chi connectivity index (χ4v) is 5.44. The lowest BCUT2D eigenvalue weighted by Crippen LogP contribution is -2.31. The van der Waals surface area contributed by atoms with Gasteiger partial charge in [-0.25, -0.2) is 0 Å². The summed E-state index contributed by atoms with van der Waals surface area (Å²) in [6, 6.07) is 7.94. The predicted molar refractivity (Wildman–Crippen MR) is 128 cm³/mol. The fourth-order valence-electron chi connectivity index (χ4n) is 3.23. The molecule has 3 aromatic rings. The molecule has 0 spiro atoms. The van der Waals surface area contributed by atoms with E-state index in [1.807, 2.05) is 0 Å². The molecule has 3 heterocycles. The summed E-state index contributed by atoms with van der Waals surface area (Å²) in [6.45, 7) is 2.08. The summed E-state index contributed by atoms with van der Waals surface area (Å²) < 4.78 is 30.6. The molecule has 0 saturated heterocycles. The smallest absolute Gasteiger partial charge is 0.286 e. The molecule has 0 amide bonds. The largest absolute Gasteiger partial charge is 0.505 e. The van der Waals surface area contributed by atoms with Crippen molar-refractivity contribution < 1.29 is 13.5 Å². The SMILES string of the molecule is CCC(Br)CCC=Nn1c(=O)c(C2=NS(=O)(=O)c3ccccc3N2)c(O)c2sccc21. The molecule has 162 valence electrons. The maximum absolute atomic E-state index is 13.3. The summed E-state index contributed by atoms with van der Waals surface area (Å²) in [5.41, 5.74) is -0.169. The third-order valence-electron chi connectivity index (χ3n) is 4.85. The van der Waals surface area contributed by atoms with Crippen LogP contribution in [0.25, 0.3) is 10.2 Å². The zero-order valence-electron chi connectivity index (χ0n) is 16.4. The number of aromatic hydroxyl groups is 1. The first-order valence-electron chi connectivity index (χ1n) is 9.57. The Morgan fingerprint density at radius 2 is 2.13 bits per heavy atom. The van der Waals surface area contributed by atoms with Gasteiger partial charge in [0.1, 0.15) is 10.5 Å². The molecule has 0 radical (unpaired) electrons. The van der Waals surface area contributed by atoms with Crippen molar-refractivity contribution in [3.8, 4) is 5.75 Å². The molecular weight excluding hydrogens is 504 g/mol. The van der Waals surface area contributed by atoms with Crippen LogP contribution < -0.4 is 10.9 Å². The number of nitrogens with zero attached hydrogens (tertiary/aromatic N) is 3. The Morgan fingerprint density at radius 3 is 2.90 bits per heavy atom. The van der Waals surface area contributed by atoms with Gasteiger partial charge in [0.15, 0.2) is 11.6 Å². The molecule has 2 N–H and O–H groups in total. The van der Waals surface area contributed by atoms with Gasteiger partial charge in [-0.1, -0.05) is 35.0 Å². The van der Waals surface area contributed by atoms with Gasteiger partial charge in [0, 0.05) is 11.0 Å². The summed E-state index contributed by atoms with van der Waals surface area (Å²) >= 11 is 4.79. The maximum atomic E-state index is 13.3. The molecule has 1 aliphatic heterocycles. The van der Waals surface area contributed by atoms with E-state index in [9.17, 15) is 18.3 Å². The lowest BCUT2D eigenvalue weighted by atomic mass is 10.2. The monoisotopic (exact) mass is 522 g/mol.